The van der Waals surface area contributed by atoms with Crippen LogP contribution in [-0.4, -0.2) is 17.5 Å². The zero-order valence-electron chi connectivity index (χ0n) is 11.8. The van der Waals surface area contributed by atoms with Gasteiger partial charge in [-0.15, -0.1) is 0 Å². The van der Waals surface area contributed by atoms with Crippen molar-refractivity contribution in [1.82, 2.24) is 4.98 Å². The molecule has 6 heteroatoms. The zero-order chi connectivity index (χ0) is 15.5. The average molecular weight is 333 g/mol. The third-order valence-electron chi connectivity index (χ3n) is 2.99. The van der Waals surface area contributed by atoms with Gasteiger partial charge in [0.25, 0.3) is 5.91 Å². The monoisotopic (exact) mass is 332 g/mol. The summed E-state index contributed by atoms with van der Waals surface area (Å²) >= 11 is 7.31. The van der Waals surface area contributed by atoms with Gasteiger partial charge in [-0.1, -0.05) is 35.1 Å². The molecule has 0 unspecified atom stereocenters. The van der Waals surface area contributed by atoms with Gasteiger partial charge in [-0.25, -0.2) is 4.98 Å². The Morgan fingerprint density at radius 1 is 1.32 bits per heavy atom. The fourth-order valence-corrected chi connectivity index (χ4v) is 3.12. The molecule has 0 saturated heterocycles. The van der Waals surface area contributed by atoms with E-state index in [1.54, 1.807) is 24.3 Å². The predicted molar refractivity (Wildman–Crippen MR) is 90.2 cm³/mol. The molecular formula is C16H13ClN2O2S. The van der Waals surface area contributed by atoms with Crippen LogP contribution in [0.15, 0.2) is 42.5 Å². The summed E-state index contributed by atoms with van der Waals surface area (Å²) in [6, 6.07) is 12.5. The number of rotatable bonds is 4. The molecule has 1 N–H and O–H groups in total. The number of amides is 1. The van der Waals surface area contributed by atoms with E-state index in [9.17, 15) is 4.79 Å². The number of anilines is 1. The van der Waals surface area contributed by atoms with Crippen molar-refractivity contribution in [3.63, 3.8) is 0 Å². The third kappa shape index (κ3) is 3.05. The fourth-order valence-electron chi connectivity index (χ4n) is 2.05. The smallest absolute Gasteiger partial charge is 0.257 e. The van der Waals surface area contributed by atoms with Crippen LogP contribution in [-0.2, 0) is 0 Å². The van der Waals surface area contributed by atoms with E-state index in [-0.39, 0.29) is 5.91 Å². The number of carbonyl (C=O) groups is 1. The number of nitrogens with one attached hydrogen (secondary N) is 1. The van der Waals surface area contributed by atoms with Crippen molar-refractivity contribution in [2.45, 2.75) is 6.92 Å². The number of carbonyl (C=O) groups excluding carboxylic acids is 1. The minimum atomic E-state index is -0.237. The van der Waals surface area contributed by atoms with Gasteiger partial charge in [0, 0.05) is 10.6 Å². The number of hydrogen-bond acceptors (Lipinski definition) is 4. The molecule has 0 bridgehead atoms. The molecule has 0 aliphatic carbocycles. The summed E-state index contributed by atoms with van der Waals surface area (Å²) in [7, 11) is 0. The van der Waals surface area contributed by atoms with Gasteiger partial charge in [0.1, 0.15) is 11.3 Å². The van der Waals surface area contributed by atoms with Crippen LogP contribution in [0.1, 0.15) is 17.3 Å². The number of para-hydroxylation sites is 1. The van der Waals surface area contributed by atoms with Crippen molar-refractivity contribution >= 4 is 44.2 Å². The molecule has 0 aliphatic heterocycles. The van der Waals surface area contributed by atoms with Crippen LogP contribution in [0.4, 0.5) is 5.13 Å². The van der Waals surface area contributed by atoms with E-state index in [2.05, 4.69) is 10.3 Å². The van der Waals surface area contributed by atoms with Gasteiger partial charge in [0.2, 0.25) is 0 Å². The number of benzene rings is 2. The number of ether oxygens (including phenoxy) is 1. The summed E-state index contributed by atoms with van der Waals surface area (Å²) in [5.74, 6) is 0.485. The molecule has 0 fully saturated rings. The molecule has 0 radical (unpaired) electrons. The van der Waals surface area contributed by atoms with E-state index >= 15 is 0 Å². The summed E-state index contributed by atoms with van der Waals surface area (Å²) < 4.78 is 6.52. The van der Waals surface area contributed by atoms with Crippen LogP contribution in [0.5, 0.6) is 5.75 Å². The minimum Gasteiger partial charge on any atom is -0.492 e. The molecule has 0 saturated carbocycles. The molecule has 3 aromatic rings. The highest BCUT2D eigenvalue weighted by Crippen LogP contribution is 2.32. The standard InChI is InChI=1S/C16H13ClN2O2S/c1-2-21-12-7-4-8-13-14(12)18-16(22-13)19-15(20)10-5-3-6-11(17)9-10/h3-9H,2H2,1H3,(H,18,19,20). The second kappa shape index (κ2) is 6.34. The minimum absolute atomic E-state index is 0.237. The van der Waals surface area contributed by atoms with Gasteiger partial charge in [0.05, 0.1) is 11.3 Å². The lowest BCUT2D eigenvalue weighted by Crippen LogP contribution is -2.11. The molecular weight excluding hydrogens is 320 g/mol. The average Bonchev–Trinajstić information content (AvgIpc) is 2.91. The molecule has 4 nitrogen and oxygen atoms in total. The van der Waals surface area contributed by atoms with Crippen molar-refractivity contribution in [2.24, 2.45) is 0 Å². The topological polar surface area (TPSA) is 51.2 Å². The summed E-state index contributed by atoms with van der Waals surface area (Å²) in [4.78, 5) is 16.7. The normalized spacial score (nSPS) is 10.6. The van der Waals surface area contributed by atoms with E-state index in [0.717, 1.165) is 16.0 Å². The second-order valence-corrected chi connectivity index (χ2v) is 5.99. The van der Waals surface area contributed by atoms with E-state index in [0.29, 0.717) is 22.3 Å². The van der Waals surface area contributed by atoms with Gasteiger partial charge in [-0.2, -0.15) is 0 Å². The van der Waals surface area contributed by atoms with E-state index < -0.39 is 0 Å². The lowest BCUT2D eigenvalue weighted by atomic mass is 10.2. The first-order valence-corrected chi connectivity index (χ1v) is 7.96. The van der Waals surface area contributed by atoms with Gasteiger partial charge >= 0.3 is 0 Å². The SMILES string of the molecule is CCOc1cccc2sc(NC(=O)c3cccc(Cl)c3)nc12. The maximum atomic E-state index is 12.2. The number of thiazole rings is 1. The Morgan fingerprint density at radius 2 is 2.14 bits per heavy atom. The van der Waals surface area contributed by atoms with E-state index in [1.807, 2.05) is 25.1 Å². The second-order valence-electron chi connectivity index (χ2n) is 4.52. The molecule has 2 aromatic carbocycles. The van der Waals surface area contributed by atoms with Crippen LogP contribution in [0.2, 0.25) is 5.02 Å². The van der Waals surface area contributed by atoms with Gasteiger partial charge < -0.3 is 4.74 Å². The maximum absolute atomic E-state index is 12.2. The van der Waals surface area contributed by atoms with Crippen LogP contribution in [0.3, 0.4) is 0 Å². The highest BCUT2D eigenvalue weighted by molar-refractivity contribution is 7.22. The summed E-state index contributed by atoms with van der Waals surface area (Å²) in [5, 5.41) is 3.86. The fraction of sp³-hybridized carbons (Fsp3) is 0.125. The summed E-state index contributed by atoms with van der Waals surface area (Å²) in [5.41, 5.74) is 1.26. The first-order valence-electron chi connectivity index (χ1n) is 6.76. The number of hydrogen-bond donors (Lipinski definition) is 1. The van der Waals surface area contributed by atoms with Gasteiger partial charge in [-0.3, -0.25) is 10.1 Å². The van der Waals surface area contributed by atoms with Crippen LogP contribution >= 0.6 is 22.9 Å². The lowest BCUT2D eigenvalue weighted by Gasteiger charge is -2.02. The Kier molecular flexibility index (Phi) is 4.27. The van der Waals surface area contributed by atoms with Gasteiger partial charge in [0.15, 0.2) is 5.13 Å². The number of aromatic nitrogens is 1. The van der Waals surface area contributed by atoms with Crippen molar-refractivity contribution in [1.29, 1.82) is 0 Å². The zero-order valence-corrected chi connectivity index (χ0v) is 13.4. The first kappa shape index (κ1) is 14.8. The van der Waals surface area contributed by atoms with Crippen molar-refractivity contribution < 1.29 is 9.53 Å². The molecule has 0 spiro atoms. The molecule has 1 heterocycles. The molecule has 1 aromatic heterocycles. The largest absolute Gasteiger partial charge is 0.492 e. The number of nitrogens with zero attached hydrogens (tertiary/aromatic N) is 1. The molecule has 112 valence electrons. The third-order valence-corrected chi connectivity index (χ3v) is 4.16. The van der Waals surface area contributed by atoms with Gasteiger partial charge in [-0.05, 0) is 37.3 Å². The molecule has 0 atom stereocenters. The van der Waals surface area contributed by atoms with E-state index in [1.165, 1.54) is 11.3 Å². The predicted octanol–water partition coefficient (Wildman–Crippen LogP) is 4.60. The van der Waals surface area contributed by atoms with E-state index in [4.69, 9.17) is 16.3 Å². The Morgan fingerprint density at radius 3 is 2.91 bits per heavy atom. The van der Waals surface area contributed by atoms with Crippen LogP contribution < -0.4 is 10.1 Å². The molecule has 1 amide bonds. The maximum Gasteiger partial charge on any atom is 0.257 e. The van der Waals surface area contributed by atoms with Crippen LogP contribution in [0.25, 0.3) is 10.2 Å². The first-order chi connectivity index (χ1) is 10.7. The molecule has 0 aliphatic rings. The molecule has 22 heavy (non-hydrogen) atoms. The lowest BCUT2D eigenvalue weighted by molar-refractivity contribution is 0.102. The summed E-state index contributed by atoms with van der Waals surface area (Å²) in [6.07, 6.45) is 0. The number of halogens is 1. The highest BCUT2D eigenvalue weighted by atomic mass is 35.5. The Balaban J connectivity index is 1.88. The van der Waals surface area contributed by atoms with Crippen molar-refractivity contribution in [3.8, 4) is 5.75 Å². The summed E-state index contributed by atoms with van der Waals surface area (Å²) in [6.45, 7) is 2.49. The Bertz CT molecular complexity index is 832. The molecule has 3 rings (SSSR count). The highest BCUT2D eigenvalue weighted by Gasteiger charge is 2.12. The number of fused-ring (bicyclic) bond motifs is 1. The van der Waals surface area contributed by atoms with Crippen molar-refractivity contribution in [2.75, 3.05) is 11.9 Å². The Hall–Kier alpha value is -2.11. The quantitative estimate of drug-likeness (QED) is 0.759. The Labute approximate surface area is 136 Å². The van der Waals surface area contributed by atoms with Crippen LogP contribution in [0, 0.1) is 0 Å². The van der Waals surface area contributed by atoms with Crippen molar-refractivity contribution in [3.05, 3.63) is 53.1 Å².